The summed E-state index contributed by atoms with van der Waals surface area (Å²) < 4.78 is 15.8. The van der Waals surface area contributed by atoms with E-state index in [0.29, 0.717) is 35.2 Å². The highest BCUT2D eigenvalue weighted by molar-refractivity contribution is 5.80. The van der Waals surface area contributed by atoms with Gasteiger partial charge in [0.05, 0.1) is 33.8 Å². The van der Waals surface area contributed by atoms with Crippen molar-refractivity contribution in [1.82, 2.24) is 5.32 Å². The van der Waals surface area contributed by atoms with E-state index in [1.165, 1.54) is 21.3 Å². The van der Waals surface area contributed by atoms with Gasteiger partial charge < -0.3 is 19.5 Å². The second kappa shape index (κ2) is 8.44. The van der Waals surface area contributed by atoms with Gasteiger partial charge >= 0.3 is 0 Å². The van der Waals surface area contributed by atoms with Gasteiger partial charge in [-0.1, -0.05) is 13.8 Å². The van der Waals surface area contributed by atoms with Gasteiger partial charge in [0.2, 0.25) is 11.7 Å². The second-order valence-electron chi connectivity index (χ2n) is 6.30. The fraction of sp³-hybridized carbons (Fsp3) is 0.556. The highest BCUT2D eigenvalue weighted by Crippen LogP contribution is 2.38. The molecule has 1 rings (SSSR count). The number of carbonyl (C=O) groups is 1. The van der Waals surface area contributed by atoms with Crippen molar-refractivity contribution in [2.45, 2.75) is 39.2 Å². The summed E-state index contributed by atoms with van der Waals surface area (Å²) in [7, 11) is 4.57. The first-order chi connectivity index (χ1) is 11.3. The van der Waals surface area contributed by atoms with Gasteiger partial charge in [-0.2, -0.15) is 5.26 Å². The lowest BCUT2D eigenvalue weighted by atomic mass is 9.92. The highest BCUT2D eigenvalue weighted by Gasteiger charge is 2.27. The molecule has 1 unspecified atom stereocenters. The molecule has 0 aliphatic rings. The maximum Gasteiger partial charge on any atom is 0.225 e. The normalized spacial score (nSPS) is 12.9. The van der Waals surface area contributed by atoms with Crippen LogP contribution in [0.4, 0.5) is 0 Å². The lowest BCUT2D eigenvalue weighted by Crippen LogP contribution is -2.46. The number of nitrogens with one attached hydrogen (secondary N) is 1. The van der Waals surface area contributed by atoms with Crippen LogP contribution in [0.15, 0.2) is 12.1 Å². The number of hydrogen-bond acceptors (Lipinski definition) is 5. The van der Waals surface area contributed by atoms with Crippen LogP contribution in [0.2, 0.25) is 0 Å². The Balaban J connectivity index is 2.96. The van der Waals surface area contributed by atoms with E-state index >= 15 is 0 Å². The van der Waals surface area contributed by atoms with Crippen molar-refractivity contribution >= 4 is 5.91 Å². The monoisotopic (exact) mass is 334 g/mol. The number of hydrogen-bond donors (Lipinski definition) is 1. The summed E-state index contributed by atoms with van der Waals surface area (Å²) in [4.78, 5) is 12.3. The second-order valence-corrected chi connectivity index (χ2v) is 6.30. The Hall–Kier alpha value is -2.42. The van der Waals surface area contributed by atoms with Crippen LogP contribution < -0.4 is 19.5 Å². The summed E-state index contributed by atoms with van der Waals surface area (Å²) in [6.07, 6.45) is 0.705. The van der Waals surface area contributed by atoms with Crippen molar-refractivity contribution in [3.05, 3.63) is 17.7 Å². The zero-order chi connectivity index (χ0) is 18.3. The molecule has 1 amide bonds. The minimum Gasteiger partial charge on any atom is -0.493 e. The number of rotatable bonds is 8. The molecule has 0 saturated carbocycles. The van der Waals surface area contributed by atoms with E-state index in [1.807, 2.05) is 13.8 Å². The molecule has 0 fully saturated rings. The maximum atomic E-state index is 12.3. The van der Waals surface area contributed by atoms with Gasteiger partial charge in [0.1, 0.15) is 5.54 Å². The third-order valence-electron chi connectivity index (χ3n) is 3.57. The minimum absolute atomic E-state index is 0.117. The first-order valence-corrected chi connectivity index (χ1v) is 7.79. The molecule has 1 aromatic carbocycles. The molecule has 132 valence electrons. The van der Waals surface area contributed by atoms with Crippen molar-refractivity contribution < 1.29 is 19.0 Å². The van der Waals surface area contributed by atoms with Crippen LogP contribution in [0.5, 0.6) is 17.2 Å². The van der Waals surface area contributed by atoms with Crippen molar-refractivity contribution in [3.8, 4) is 23.3 Å². The zero-order valence-corrected chi connectivity index (χ0v) is 15.2. The Morgan fingerprint density at radius 3 is 2.12 bits per heavy atom. The van der Waals surface area contributed by atoms with Crippen molar-refractivity contribution in [2.75, 3.05) is 21.3 Å². The smallest absolute Gasteiger partial charge is 0.225 e. The molecule has 1 atom stereocenters. The molecule has 24 heavy (non-hydrogen) atoms. The Labute approximate surface area is 143 Å². The van der Waals surface area contributed by atoms with Crippen LogP contribution in [0.3, 0.4) is 0 Å². The summed E-state index contributed by atoms with van der Waals surface area (Å²) in [5, 5.41) is 12.2. The van der Waals surface area contributed by atoms with Gasteiger partial charge in [-0.3, -0.25) is 4.79 Å². The number of benzene rings is 1. The SMILES string of the molecule is COc1cc(CC(=O)NC(C)(C#N)CC(C)C)cc(OC)c1OC. The van der Waals surface area contributed by atoms with E-state index in [1.54, 1.807) is 19.1 Å². The molecule has 0 bridgehead atoms. The van der Waals surface area contributed by atoms with E-state index in [2.05, 4.69) is 11.4 Å². The quantitative estimate of drug-likeness (QED) is 0.790. The molecule has 0 aromatic heterocycles. The Kier molecular flexibility index (Phi) is 6.90. The fourth-order valence-corrected chi connectivity index (χ4v) is 2.72. The van der Waals surface area contributed by atoms with Crippen LogP contribution in [0.1, 0.15) is 32.8 Å². The first-order valence-electron chi connectivity index (χ1n) is 7.79. The van der Waals surface area contributed by atoms with Crippen molar-refractivity contribution in [1.29, 1.82) is 5.26 Å². The van der Waals surface area contributed by atoms with E-state index in [9.17, 15) is 10.1 Å². The molecule has 0 saturated heterocycles. The third-order valence-corrected chi connectivity index (χ3v) is 3.57. The minimum atomic E-state index is -0.883. The summed E-state index contributed by atoms with van der Waals surface area (Å²) in [5.41, 5.74) is -0.168. The zero-order valence-electron chi connectivity index (χ0n) is 15.2. The largest absolute Gasteiger partial charge is 0.493 e. The number of methoxy groups -OCH3 is 3. The Morgan fingerprint density at radius 2 is 1.75 bits per heavy atom. The summed E-state index contributed by atoms with van der Waals surface area (Å²) >= 11 is 0. The molecule has 0 radical (unpaired) electrons. The average Bonchev–Trinajstić information content (AvgIpc) is 2.52. The first kappa shape index (κ1) is 19.6. The van der Waals surface area contributed by atoms with E-state index < -0.39 is 5.54 Å². The van der Waals surface area contributed by atoms with Gasteiger partial charge in [-0.25, -0.2) is 0 Å². The predicted molar refractivity (Wildman–Crippen MR) is 91.4 cm³/mol. The molecule has 1 aromatic rings. The molecular weight excluding hydrogens is 308 g/mol. The number of nitriles is 1. The molecule has 0 aliphatic carbocycles. The van der Waals surface area contributed by atoms with Crippen LogP contribution in [-0.4, -0.2) is 32.8 Å². The fourth-order valence-electron chi connectivity index (χ4n) is 2.72. The molecule has 0 heterocycles. The van der Waals surface area contributed by atoms with Crippen LogP contribution >= 0.6 is 0 Å². The molecule has 6 heteroatoms. The highest BCUT2D eigenvalue weighted by atomic mass is 16.5. The van der Waals surface area contributed by atoms with Crippen LogP contribution in [0, 0.1) is 17.2 Å². The maximum absolute atomic E-state index is 12.3. The molecule has 6 nitrogen and oxygen atoms in total. The summed E-state index contributed by atoms with van der Waals surface area (Å²) in [6, 6.07) is 5.65. The van der Waals surface area contributed by atoms with Gasteiger partial charge in [0.25, 0.3) is 0 Å². The van der Waals surface area contributed by atoms with E-state index in [-0.39, 0.29) is 12.3 Å². The van der Waals surface area contributed by atoms with Gasteiger partial charge in [0, 0.05) is 0 Å². The van der Waals surface area contributed by atoms with Gasteiger partial charge in [-0.05, 0) is 37.0 Å². The molecular formula is C18H26N2O4. The third kappa shape index (κ3) is 5.05. The topological polar surface area (TPSA) is 80.6 Å². The lowest BCUT2D eigenvalue weighted by molar-refractivity contribution is -0.121. The number of nitrogens with zero attached hydrogens (tertiary/aromatic N) is 1. The summed E-state index contributed by atoms with van der Waals surface area (Å²) in [5.74, 6) is 1.53. The molecule has 1 N–H and O–H groups in total. The van der Waals surface area contributed by atoms with Crippen LogP contribution in [0.25, 0.3) is 0 Å². The summed E-state index contributed by atoms with van der Waals surface area (Å²) in [6.45, 7) is 5.77. The van der Waals surface area contributed by atoms with E-state index in [4.69, 9.17) is 14.2 Å². The number of carbonyl (C=O) groups excluding carboxylic acids is 1. The standard InChI is InChI=1S/C18H26N2O4/c1-12(2)10-18(3,11-19)20-16(21)9-13-7-14(22-4)17(24-6)15(8-13)23-5/h7-8,12H,9-10H2,1-6H3,(H,20,21). The molecule has 0 aliphatic heterocycles. The Morgan fingerprint density at radius 1 is 1.21 bits per heavy atom. The van der Waals surface area contributed by atoms with Crippen molar-refractivity contribution in [3.63, 3.8) is 0 Å². The number of ether oxygens (including phenoxy) is 3. The Bertz CT molecular complexity index is 597. The predicted octanol–water partition coefficient (Wildman–Crippen LogP) is 2.70. The van der Waals surface area contributed by atoms with Gasteiger partial charge in [-0.15, -0.1) is 0 Å². The van der Waals surface area contributed by atoms with E-state index in [0.717, 1.165) is 0 Å². The molecule has 0 spiro atoms. The van der Waals surface area contributed by atoms with Crippen molar-refractivity contribution in [2.24, 2.45) is 5.92 Å². The average molecular weight is 334 g/mol. The number of amides is 1. The van der Waals surface area contributed by atoms with Crippen LogP contribution in [-0.2, 0) is 11.2 Å². The van der Waals surface area contributed by atoms with Gasteiger partial charge in [0.15, 0.2) is 11.5 Å². The lowest BCUT2D eigenvalue weighted by Gasteiger charge is -2.25.